The topological polar surface area (TPSA) is 97.0 Å². The molecule has 0 spiro atoms. The van der Waals surface area contributed by atoms with E-state index in [1.54, 1.807) is 12.1 Å². The summed E-state index contributed by atoms with van der Waals surface area (Å²) in [7, 11) is -1.49. The quantitative estimate of drug-likeness (QED) is 0.506. The number of nitrogens with zero attached hydrogens (tertiary/aromatic N) is 1. The fourth-order valence-corrected chi connectivity index (χ4v) is 5.29. The molecule has 0 radical (unpaired) electrons. The van der Waals surface area contributed by atoms with E-state index in [2.05, 4.69) is 22.0 Å². The molecule has 2 fully saturated rings. The summed E-state index contributed by atoms with van der Waals surface area (Å²) >= 11 is 0. The molecular weight excluding hydrogens is 454 g/mol. The summed E-state index contributed by atoms with van der Waals surface area (Å²) in [6.45, 7) is 3.37. The summed E-state index contributed by atoms with van der Waals surface area (Å²) in [5, 5.41) is 2.86. The Bertz CT molecular complexity index is 1080. The van der Waals surface area contributed by atoms with E-state index in [1.807, 2.05) is 24.3 Å². The molecule has 8 nitrogen and oxygen atoms in total. The minimum absolute atomic E-state index is 0.0132. The van der Waals surface area contributed by atoms with E-state index in [4.69, 9.17) is 9.47 Å². The molecule has 1 amide bonds. The lowest BCUT2D eigenvalue weighted by atomic mass is 10.1. The second-order valence-corrected chi connectivity index (χ2v) is 10.6. The molecule has 2 aliphatic rings. The van der Waals surface area contributed by atoms with Gasteiger partial charge in [0.05, 0.1) is 4.90 Å². The first-order valence-corrected chi connectivity index (χ1v) is 13.3. The number of likely N-dealkylation sites (N-methyl/N-ethyl adjacent to an activating group) is 1. The zero-order valence-electron chi connectivity index (χ0n) is 19.5. The fourth-order valence-electron chi connectivity index (χ4n) is 3.94. The minimum atomic E-state index is -3.60. The molecule has 0 atom stereocenters. The van der Waals surface area contributed by atoms with Gasteiger partial charge in [0.25, 0.3) is 5.91 Å². The number of carbonyl (C=O) groups excluding carboxylic acids is 1. The summed E-state index contributed by atoms with van der Waals surface area (Å²) in [6, 6.07) is 14.3. The smallest absolute Gasteiger partial charge is 0.251 e. The lowest BCUT2D eigenvalue weighted by Gasteiger charge is -2.31. The molecule has 34 heavy (non-hydrogen) atoms. The summed E-state index contributed by atoms with van der Waals surface area (Å²) in [4.78, 5) is 15.1. The van der Waals surface area contributed by atoms with Crippen LogP contribution in [0.2, 0.25) is 0 Å². The molecule has 1 aliphatic heterocycles. The first-order valence-electron chi connectivity index (χ1n) is 11.8. The van der Waals surface area contributed by atoms with Crippen molar-refractivity contribution in [2.75, 3.05) is 33.4 Å². The monoisotopic (exact) mass is 487 g/mol. The number of amides is 1. The Morgan fingerprint density at radius 1 is 1.09 bits per heavy atom. The molecule has 9 heteroatoms. The normalized spacial score (nSPS) is 17.0. The van der Waals surface area contributed by atoms with Crippen molar-refractivity contribution in [1.82, 2.24) is 14.9 Å². The van der Waals surface area contributed by atoms with Gasteiger partial charge >= 0.3 is 0 Å². The van der Waals surface area contributed by atoms with Gasteiger partial charge in [0.1, 0.15) is 12.4 Å². The maximum Gasteiger partial charge on any atom is 0.251 e. The first-order chi connectivity index (χ1) is 16.4. The molecule has 184 valence electrons. The highest BCUT2D eigenvalue weighted by atomic mass is 32.2. The Balaban J connectivity index is 1.27. The second kappa shape index (κ2) is 11.3. The number of ether oxygens (including phenoxy) is 2. The molecule has 0 aromatic heterocycles. The van der Waals surface area contributed by atoms with Gasteiger partial charge < -0.3 is 14.8 Å². The molecule has 2 aromatic rings. The van der Waals surface area contributed by atoms with Crippen LogP contribution in [0.4, 0.5) is 0 Å². The van der Waals surface area contributed by atoms with Gasteiger partial charge in [0, 0.05) is 44.0 Å². The van der Waals surface area contributed by atoms with Crippen molar-refractivity contribution in [2.45, 2.75) is 49.2 Å². The average molecular weight is 488 g/mol. The van der Waals surface area contributed by atoms with Gasteiger partial charge in [-0.2, -0.15) is 0 Å². The SMILES string of the molecule is CN(CCOc1cccc(CNC(=O)c2cccc(S(=O)(=O)NC3CC3)c2)c1)C1CCOCC1. The molecule has 4 rings (SSSR count). The van der Waals surface area contributed by atoms with Gasteiger partial charge in [-0.1, -0.05) is 18.2 Å². The van der Waals surface area contributed by atoms with Crippen LogP contribution in [0.15, 0.2) is 53.4 Å². The molecule has 2 N–H and O–H groups in total. The van der Waals surface area contributed by atoms with Crippen molar-refractivity contribution in [1.29, 1.82) is 0 Å². The predicted molar refractivity (Wildman–Crippen MR) is 129 cm³/mol. The van der Waals surface area contributed by atoms with Crippen LogP contribution in [0.1, 0.15) is 41.6 Å². The predicted octanol–water partition coefficient (Wildman–Crippen LogP) is 2.55. The highest BCUT2D eigenvalue weighted by Crippen LogP contribution is 2.22. The number of carbonyl (C=O) groups is 1. The van der Waals surface area contributed by atoms with Gasteiger partial charge in [0.15, 0.2) is 0 Å². The van der Waals surface area contributed by atoms with Crippen molar-refractivity contribution in [3.63, 3.8) is 0 Å². The Hall–Kier alpha value is -2.46. The third-order valence-electron chi connectivity index (χ3n) is 6.18. The third-order valence-corrected chi connectivity index (χ3v) is 7.70. The number of hydrogen-bond donors (Lipinski definition) is 2. The second-order valence-electron chi connectivity index (χ2n) is 8.93. The lowest BCUT2D eigenvalue weighted by Crippen LogP contribution is -2.38. The standard InChI is InChI=1S/C25H33N3O5S/c1-28(22-10-13-32-14-11-22)12-15-33-23-6-2-4-19(16-23)18-26-25(29)20-5-3-7-24(17-20)34(30,31)27-21-8-9-21/h2-7,16-17,21-22,27H,8-15,18H2,1H3,(H,26,29). The Morgan fingerprint density at radius 2 is 1.85 bits per heavy atom. The Kier molecular flexibility index (Phi) is 8.20. The summed E-state index contributed by atoms with van der Waals surface area (Å²) in [5.74, 6) is 0.430. The maximum atomic E-state index is 12.6. The third kappa shape index (κ3) is 7.02. The minimum Gasteiger partial charge on any atom is -0.492 e. The molecule has 0 unspecified atom stereocenters. The molecule has 1 aliphatic carbocycles. The molecular formula is C25H33N3O5S. The number of benzene rings is 2. The van der Waals surface area contributed by atoms with Crippen LogP contribution in [0, 0.1) is 0 Å². The van der Waals surface area contributed by atoms with Crippen LogP contribution < -0.4 is 14.8 Å². The zero-order valence-corrected chi connectivity index (χ0v) is 20.4. The number of rotatable bonds is 11. The van der Waals surface area contributed by atoms with Crippen LogP contribution in [-0.2, 0) is 21.3 Å². The first kappa shape index (κ1) is 24.7. The van der Waals surface area contributed by atoms with E-state index in [0.717, 1.165) is 56.8 Å². The van der Waals surface area contributed by atoms with Crippen LogP contribution >= 0.6 is 0 Å². The van der Waals surface area contributed by atoms with Crippen molar-refractivity contribution < 1.29 is 22.7 Å². The van der Waals surface area contributed by atoms with Crippen LogP contribution in [0.3, 0.4) is 0 Å². The van der Waals surface area contributed by atoms with E-state index in [1.165, 1.54) is 12.1 Å². The van der Waals surface area contributed by atoms with E-state index >= 15 is 0 Å². The van der Waals surface area contributed by atoms with Crippen molar-refractivity contribution in [3.8, 4) is 5.75 Å². The zero-order chi connectivity index (χ0) is 24.0. The van der Waals surface area contributed by atoms with Crippen molar-refractivity contribution in [3.05, 3.63) is 59.7 Å². The van der Waals surface area contributed by atoms with Crippen LogP contribution in [0.5, 0.6) is 5.75 Å². The number of nitrogens with one attached hydrogen (secondary N) is 2. The lowest BCUT2D eigenvalue weighted by molar-refractivity contribution is 0.0392. The van der Waals surface area contributed by atoms with Gasteiger partial charge in [-0.25, -0.2) is 13.1 Å². The number of hydrogen-bond acceptors (Lipinski definition) is 6. The van der Waals surface area contributed by atoms with Crippen LogP contribution in [-0.4, -0.2) is 64.7 Å². The molecule has 2 aromatic carbocycles. The van der Waals surface area contributed by atoms with E-state index < -0.39 is 10.0 Å². The highest BCUT2D eigenvalue weighted by molar-refractivity contribution is 7.89. The molecule has 1 saturated carbocycles. The van der Waals surface area contributed by atoms with Gasteiger partial charge in [-0.15, -0.1) is 0 Å². The summed E-state index contributed by atoms with van der Waals surface area (Å²) in [5.41, 5.74) is 1.21. The van der Waals surface area contributed by atoms with E-state index in [9.17, 15) is 13.2 Å². The van der Waals surface area contributed by atoms with Crippen molar-refractivity contribution >= 4 is 15.9 Å². The van der Waals surface area contributed by atoms with Gasteiger partial charge in [-0.05, 0) is 68.6 Å². The van der Waals surface area contributed by atoms with Gasteiger partial charge in [-0.3, -0.25) is 9.69 Å². The summed E-state index contributed by atoms with van der Waals surface area (Å²) in [6.07, 6.45) is 3.82. The molecule has 1 saturated heterocycles. The maximum absolute atomic E-state index is 12.6. The van der Waals surface area contributed by atoms with Crippen LogP contribution in [0.25, 0.3) is 0 Å². The Labute approximate surface area is 201 Å². The highest BCUT2D eigenvalue weighted by Gasteiger charge is 2.28. The van der Waals surface area contributed by atoms with E-state index in [-0.39, 0.29) is 16.8 Å². The fraction of sp³-hybridized carbons (Fsp3) is 0.480. The average Bonchev–Trinajstić information content (AvgIpc) is 3.67. The van der Waals surface area contributed by atoms with E-state index in [0.29, 0.717) is 24.8 Å². The largest absolute Gasteiger partial charge is 0.492 e. The van der Waals surface area contributed by atoms with Gasteiger partial charge in [0.2, 0.25) is 10.0 Å². The Morgan fingerprint density at radius 3 is 2.62 bits per heavy atom. The summed E-state index contributed by atoms with van der Waals surface area (Å²) < 4.78 is 38.8. The number of sulfonamides is 1. The van der Waals surface area contributed by atoms with Crippen molar-refractivity contribution in [2.24, 2.45) is 0 Å². The molecule has 1 heterocycles. The molecule has 0 bridgehead atoms.